The maximum Gasteiger partial charge on any atom is 0.251 e. The minimum atomic E-state index is -0.265. The number of aromatic nitrogens is 2. The Bertz CT molecular complexity index is 1200. The summed E-state index contributed by atoms with van der Waals surface area (Å²) in [7, 11) is 0. The van der Waals surface area contributed by atoms with E-state index in [4.69, 9.17) is 16.3 Å². The van der Waals surface area contributed by atoms with Gasteiger partial charge in [-0.25, -0.2) is 4.98 Å². The van der Waals surface area contributed by atoms with E-state index in [0.717, 1.165) is 16.8 Å². The van der Waals surface area contributed by atoms with Gasteiger partial charge in [-0.2, -0.15) is 0 Å². The average molecular weight is 512 g/mol. The lowest BCUT2D eigenvalue weighted by atomic mass is 10.0. The number of nitrogens with zero attached hydrogens (tertiary/aromatic N) is 2. The Labute approximate surface area is 217 Å². The number of aliphatic hydroxyl groups is 1. The number of aliphatic hydroxyl groups excluding tert-OH is 1. The molecule has 0 aliphatic carbocycles. The molecule has 8 heteroatoms. The molecule has 0 aliphatic rings. The van der Waals surface area contributed by atoms with Gasteiger partial charge in [-0.05, 0) is 64.3 Å². The van der Waals surface area contributed by atoms with Crippen LogP contribution < -0.4 is 10.1 Å². The Balaban J connectivity index is 1.71. The molecule has 0 unspecified atom stereocenters. The van der Waals surface area contributed by atoms with Crippen LogP contribution in [0.2, 0.25) is 5.02 Å². The number of imidazole rings is 1. The summed E-state index contributed by atoms with van der Waals surface area (Å²) < 4.78 is 7.51. The lowest BCUT2D eigenvalue weighted by Gasteiger charge is -2.19. The molecule has 1 atom stereocenters. The average Bonchev–Trinajstić information content (AvgIpc) is 3.27. The first-order valence-electron chi connectivity index (χ1n) is 12.2. The number of hydrogen-bond acceptors (Lipinski definition) is 5. The second-order valence-corrected chi connectivity index (χ2v) is 9.81. The lowest BCUT2D eigenvalue weighted by molar-refractivity contribution is 0.0929. The monoisotopic (exact) mass is 511 g/mol. The molecule has 2 N–H and O–H groups in total. The first-order valence-corrected chi connectivity index (χ1v) is 12.5. The van der Waals surface area contributed by atoms with Crippen LogP contribution in [0.4, 0.5) is 0 Å². The van der Waals surface area contributed by atoms with E-state index in [1.165, 1.54) is 6.92 Å². The zero-order valence-corrected chi connectivity index (χ0v) is 22.2. The van der Waals surface area contributed by atoms with Crippen LogP contribution in [0.1, 0.15) is 73.6 Å². The summed E-state index contributed by atoms with van der Waals surface area (Å²) in [5, 5.41) is 12.9. The number of benzene rings is 2. The largest absolute Gasteiger partial charge is 0.489 e. The smallest absolute Gasteiger partial charge is 0.251 e. The van der Waals surface area contributed by atoms with Crippen LogP contribution in [0.3, 0.4) is 0 Å². The van der Waals surface area contributed by atoms with Gasteiger partial charge in [0, 0.05) is 42.9 Å². The van der Waals surface area contributed by atoms with Crippen molar-refractivity contribution < 1.29 is 19.4 Å². The van der Waals surface area contributed by atoms with Gasteiger partial charge < -0.3 is 19.7 Å². The number of carbonyl (C=O) groups is 2. The van der Waals surface area contributed by atoms with Crippen LogP contribution in [0, 0.1) is 0 Å². The Morgan fingerprint density at radius 1 is 1.11 bits per heavy atom. The molecule has 1 aromatic heterocycles. The Morgan fingerprint density at radius 2 is 1.81 bits per heavy atom. The van der Waals surface area contributed by atoms with Gasteiger partial charge in [0.1, 0.15) is 5.75 Å². The van der Waals surface area contributed by atoms with Gasteiger partial charge in [0.2, 0.25) is 0 Å². The number of amides is 1. The molecule has 1 amide bonds. The Kier molecular flexibility index (Phi) is 9.29. The molecule has 0 bridgehead atoms. The molecule has 0 spiro atoms. The van der Waals surface area contributed by atoms with Crippen LogP contribution in [0.5, 0.6) is 5.75 Å². The van der Waals surface area contributed by atoms with Crippen molar-refractivity contribution in [2.24, 2.45) is 0 Å². The molecule has 1 heterocycles. The van der Waals surface area contributed by atoms with Crippen LogP contribution in [0.15, 0.2) is 48.7 Å². The van der Waals surface area contributed by atoms with E-state index in [2.05, 4.69) is 10.3 Å². The minimum absolute atomic E-state index is 0.0235. The zero-order valence-electron chi connectivity index (χ0n) is 21.4. The van der Waals surface area contributed by atoms with Crippen molar-refractivity contribution in [1.82, 2.24) is 14.9 Å². The van der Waals surface area contributed by atoms with Crippen LogP contribution in [-0.2, 0) is 6.42 Å². The molecule has 36 heavy (non-hydrogen) atoms. The van der Waals surface area contributed by atoms with Gasteiger partial charge in [-0.15, -0.1) is 0 Å². The Morgan fingerprint density at radius 3 is 2.33 bits per heavy atom. The summed E-state index contributed by atoms with van der Waals surface area (Å²) in [4.78, 5) is 29.4. The van der Waals surface area contributed by atoms with E-state index in [9.17, 15) is 14.7 Å². The molecule has 192 valence electrons. The van der Waals surface area contributed by atoms with Crippen molar-refractivity contribution in [3.05, 3.63) is 70.6 Å². The molecule has 0 radical (unpaired) electrons. The molecule has 3 rings (SSSR count). The van der Waals surface area contributed by atoms with Crippen molar-refractivity contribution in [1.29, 1.82) is 0 Å². The Hall–Kier alpha value is -3.16. The summed E-state index contributed by atoms with van der Waals surface area (Å²) in [6, 6.07) is 12.7. The van der Waals surface area contributed by atoms with E-state index < -0.39 is 0 Å². The molecule has 2 aromatic carbocycles. The molecule has 0 fully saturated rings. The number of ketones is 1. The van der Waals surface area contributed by atoms with Gasteiger partial charge in [-0.3, -0.25) is 9.59 Å². The van der Waals surface area contributed by atoms with Crippen LogP contribution in [-0.4, -0.2) is 45.1 Å². The predicted octanol–water partition coefficient (Wildman–Crippen LogP) is 5.50. The molecular weight excluding hydrogens is 478 g/mol. The van der Waals surface area contributed by atoms with Crippen molar-refractivity contribution in [3.63, 3.8) is 0 Å². The van der Waals surface area contributed by atoms with Crippen molar-refractivity contribution in [3.8, 4) is 17.0 Å². The maximum absolute atomic E-state index is 12.9. The fourth-order valence-corrected chi connectivity index (χ4v) is 4.15. The summed E-state index contributed by atoms with van der Waals surface area (Å²) in [5.74, 6) is 0.638. The van der Waals surface area contributed by atoms with E-state index >= 15 is 0 Å². The predicted molar refractivity (Wildman–Crippen MR) is 142 cm³/mol. The summed E-state index contributed by atoms with van der Waals surface area (Å²) in [6.45, 7) is 9.31. The van der Waals surface area contributed by atoms with E-state index in [-0.39, 0.29) is 36.5 Å². The summed E-state index contributed by atoms with van der Waals surface area (Å²) >= 11 is 6.29. The third-order valence-electron chi connectivity index (χ3n) is 5.70. The normalized spacial score (nSPS) is 12.1. The number of halogens is 1. The highest BCUT2D eigenvalue weighted by molar-refractivity contribution is 6.32. The molecule has 7 nitrogen and oxygen atoms in total. The quantitative estimate of drug-likeness (QED) is 0.332. The minimum Gasteiger partial charge on any atom is -0.489 e. The maximum atomic E-state index is 12.9. The number of Topliss-reactive ketones (excluding diaryl/α,β-unsaturated/α-hetero) is 1. The number of ether oxygens (including phenoxy) is 1. The SMILES string of the molecule is CC(=O)c1nc(-c2ccc(C[C@@H](CCO)NC(=O)c3ccc(OC(C)C)c(Cl)c3)cc2)cn1C(C)C. The first-order chi connectivity index (χ1) is 17.1. The van der Waals surface area contributed by atoms with E-state index in [0.29, 0.717) is 35.0 Å². The summed E-state index contributed by atoms with van der Waals surface area (Å²) in [6.07, 6.45) is 2.84. The first kappa shape index (κ1) is 27.4. The van der Waals surface area contributed by atoms with Crippen LogP contribution >= 0.6 is 11.6 Å². The van der Waals surface area contributed by atoms with Gasteiger partial charge in [-0.1, -0.05) is 35.9 Å². The number of carbonyl (C=O) groups excluding carboxylic acids is 2. The molecule has 0 saturated heterocycles. The van der Waals surface area contributed by atoms with Crippen molar-refractivity contribution >= 4 is 23.3 Å². The van der Waals surface area contributed by atoms with E-state index in [1.54, 1.807) is 18.2 Å². The second kappa shape index (κ2) is 12.2. The third kappa shape index (κ3) is 6.95. The lowest BCUT2D eigenvalue weighted by Crippen LogP contribution is -2.37. The van der Waals surface area contributed by atoms with Gasteiger partial charge >= 0.3 is 0 Å². The highest BCUT2D eigenvalue weighted by Gasteiger charge is 2.18. The van der Waals surface area contributed by atoms with Crippen molar-refractivity contribution in [2.45, 2.75) is 65.6 Å². The number of nitrogens with one attached hydrogen (secondary N) is 1. The molecular formula is C28H34ClN3O4. The zero-order chi connectivity index (χ0) is 26.4. The molecule has 0 aliphatic heterocycles. The third-order valence-corrected chi connectivity index (χ3v) is 6.00. The van der Waals surface area contributed by atoms with Gasteiger partial charge in [0.15, 0.2) is 11.6 Å². The second-order valence-electron chi connectivity index (χ2n) is 9.40. The topological polar surface area (TPSA) is 93.4 Å². The highest BCUT2D eigenvalue weighted by Crippen LogP contribution is 2.27. The highest BCUT2D eigenvalue weighted by atomic mass is 35.5. The number of hydrogen-bond donors (Lipinski definition) is 2. The number of rotatable bonds is 11. The summed E-state index contributed by atoms with van der Waals surface area (Å²) in [5.41, 5.74) is 3.08. The fraction of sp³-hybridized carbons (Fsp3) is 0.393. The molecule has 0 saturated carbocycles. The molecule has 3 aromatic rings. The van der Waals surface area contributed by atoms with Crippen LogP contribution in [0.25, 0.3) is 11.3 Å². The van der Waals surface area contributed by atoms with Gasteiger partial charge in [0.25, 0.3) is 5.91 Å². The van der Waals surface area contributed by atoms with Gasteiger partial charge in [0.05, 0.1) is 16.8 Å². The van der Waals surface area contributed by atoms with Crippen molar-refractivity contribution in [2.75, 3.05) is 6.61 Å². The van der Waals surface area contributed by atoms with E-state index in [1.807, 2.05) is 62.7 Å². The fourth-order valence-electron chi connectivity index (χ4n) is 3.92. The standard InChI is InChI=1S/C28H34ClN3O4/c1-17(2)32-16-25(31-27(32)19(5)34)21-8-6-20(7-9-21)14-23(12-13-33)30-28(35)22-10-11-26(24(29)15-22)36-18(3)4/h6-11,15-18,23,33H,12-14H2,1-5H3,(H,30,35)/t23-/m1/s1.